The molecule has 0 aliphatic carbocycles. The number of carbonyl (C=O) groups excluding carboxylic acids is 1. The highest BCUT2D eigenvalue weighted by molar-refractivity contribution is 5.95. The van der Waals surface area contributed by atoms with E-state index >= 15 is 0 Å². The van der Waals surface area contributed by atoms with Gasteiger partial charge in [-0.05, 0) is 42.2 Å². The molecule has 4 nitrogen and oxygen atoms in total. The molecule has 2 aromatic rings. The van der Waals surface area contributed by atoms with Crippen molar-refractivity contribution >= 4 is 18.3 Å². The molecule has 1 amide bonds. The van der Waals surface area contributed by atoms with Crippen molar-refractivity contribution < 1.29 is 14.3 Å². The maximum atomic E-state index is 13.7. The predicted octanol–water partition coefficient (Wildman–Crippen LogP) is 3.29. The summed E-state index contributed by atoms with van der Waals surface area (Å²) >= 11 is 0. The molecule has 0 radical (unpaired) electrons. The Bertz CT molecular complexity index is 829. The number of benzene rings is 2. The molecule has 0 spiro atoms. The van der Waals surface area contributed by atoms with Crippen LogP contribution in [-0.2, 0) is 0 Å². The zero-order chi connectivity index (χ0) is 17.6. The van der Waals surface area contributed by atoms with Crippen molar-refractivity contribution in [3.8, 4) is 5.75 Å². The summed E-state index contributed by atoms with van der Waals surface area (Å²) in [6.07, 6.45) is 0. The number of hydrogen-bond acceptors (Lipinski definition) is 3. The van der Waals surface area contributed by atoms with E-state index in [4.69, 9.17) is 0 Å². The zero-order valence-corrected chi connectivity index (χ0v) is 15.3. The molecule has 2 aromatic carbocycles. The number of aryl methyl sites for hydroxylation is 1. The minimum Gasteiger partial charge on any atom is -0.505 e. The molecule has 0 saturated carbocycles. The molecule has 0 unspecified atom stereocenters. The number of rotatable bonds is 2. The van der Waals surface area contributed by atoms with Gasteiger partial charge in [0.2, 0.25) is 0 Å². The lowest BCUT2D eigenvalue weighted by Gasteiger charge is -2.29. The molecule has 2 saturated heterocycles. The average Bonchev–Trinajstić information content (AvgIpc) is 3.18. The van der Waals surface area contributed by atoms with E-state index in [2.05, 4.69) is 24.4 Å². The van der Waals surface area contributed by atoms with Gasteiger partial charge in [0.05, 0.1) is 6.04 Å². The molecule has 26 heavy (non-hydrogen) atoms. The molecule has 2 N–H and O–H groups in total. The molecule has 2 heterocycles. The van der Waals surface area contributed by atoms with Crippen molar-refractivity contribution in [2.24, 2.45) is 11.8 Å². The van der Waals surface area contributed by atoms with Crippen LogP contribution in [0.25, 0.3) is 0 Å². The van der Waals surface area contributed by atoms with Crippen LogP contribution in [0.3, 0.4) is 0 Å². The number of phenols is 1. The van der Waals surface area contributed by atoms with E-state index in [9.17, 15) is 14.3 Å². The monoisotopic (exact) mass is 376 g/mol. The van der Waals surface area contributed by atoms with E-state index in [-0.39, 0.29) is 29.9 Å². The van der Waals surface area contributed by atoms with E-state index in [0.29, 0.717) is 18.4 Å². The van der Waals surface area contributed by atoms with Gasteiger partial charge in [0.25, 0.3) is 5.91 Å². The lowest BCUT2D eigenvalue weighted by molar-refractivity contribution is 0.0713. The number of likely N-dealkylation sites (tertiary alicyclic amines) is 1. The lowest BCUT2D eigenvalue weighted by atomic mass is 9.87. The fourth-order valence-corrected chi connectivity index (χ4v) is 4.25. The summed E-state index contributed by atoms with van der Waals surface area (Å²) in [5.74, 6) is -0.599. The number of aromatic hydroxyl groups is 1. The molecule has 2 fully saturated rings. The second-order valence-corrected chi connectivity index (χ2v) is 7.01. The molecule has 2 aliphatic heterocycles. The van der Waals surface area contributed by atoms with Gasteiger partial charge in [-0.1, -0.05) is 24.3 Å². The summed E-state index contributed by atoms with van der Waals surface area (Å²) in [6, 6.07) is 12.0. The summed E-state index contributed by atoms with van der Waals surface area (Å²) in [6.45, 7) is 4.52. The summed E-state index contributed by atoms with van der Waals surface area (Å²) in [5, 5.41) is 12.8. The standard InChI is InChI=1S/C20H21FN2O2.ClH/c1-12-4-2-3-5-15(12)19-16-10-22-9-14(16)11-23(19)20(25)13-6-7-18(24)17(21)8-13;/h2-8,14,16,19,22,24H,9-11H2,1H3;1H/t14-,16-,19+;/m0./s1. The molecule has 3 atom stereocenters. The molecular weight excluding hydrogens is 355 g/mol. The van der Waals surface area contributed by atoms with Crippen LogP contribution in [0.15, 0.2) is 42.5 Å². The highest BCUT2D eigenvalue weighted by Gasteiger charge is 2.47. The van der Waals surface area contributed by atoms with Crippen molar-refractivity contribution in [2.45, 2.75) is 13.0 Å². The van der Waals surface area contributed by atoms with Gasteiger partial charge in [-0.15, -0.1) is 12.4 Å². The number of halogens is 2. The SMILES string of the molecule is Cc1ccccc1[C@@H]1[C@H]2CNC[C@H]2CN1C(=O)c1ccc(O)c(F)c1.Cl. The van der Waals surface area contributed by atoms with Crippen LogP contribution in [-0.4, -0.2) is 35.5 Å². The van der Waals surface area contributed by atoms with Crippen LogP contribution in [0.1, 0.15) is 27.5 Å². The minimum absolute atomic E-state index is 0. The van der Waals surface area contributed by atoms with Gasteiger partial charge in [0, 0.05) is 31.1 Å². The number of phenolic OH excluding ortho intramolecular Hbond substituents is 1. The molecule has 0 aromatic heterocycles. The number of amides is 1. The Labute approximate surface area is 158 Å². The third-order valence-electron chi connectivity index (χ3n) is 5.53. The average molecular weight is 377 g/mol. The molecular formula is C20H22ClFN2O2. The van der Waals surface area contributed by atoms with Gasteiger partial charge >= 0.3 is 0 Å². The third-order valence-corrected chi connectivity index (χ3v) is 5.53. The number of hydrogen-bond donors (Lipinski definition) is 2. The van der Waals surface area contributed by atoms with Gasteiger partial charge in [-0.25, -0.2) is 4.39 Å². The summed E-state index contributed by atoms with van der Waals surface area (Å²) in [7, 11) is 0. The first-order valence-electron chi connectivity index (χ1n) is 8.62. The smallest absolute Gasteiger partial charge is 0.254 e. The number of fused-ring (bicyclic) bond motifs is 1. The Morgan fingerprint density at radius 2 is 2.00 bits per heavy atom. The summed E-state index contributed by atoms with van der Waals surface area (Å²) < 4.78 is 13.7. The summed E-state index contributed by atoms with van der Waals surface area (Å²) in [4.78, 5) is 15.0. The number of nitrogens with zero attached hydrogens (tertiary/aromatic N) is 1. The first kappa shape index (κ1) is 18.7. The summed E-state index contributed by atoms with van der Waals surface area (Å²) in [5.41, 5.74) is 2.60. The van der Waals surface area contributed by atoms with Crippen LogP contribution in [0, 0.1) is 24.6 Å². The Morgan fingerprint density at radius 3 is 2.73 bits per heavy atom. The maximum absolute atomic E-state index is 13.7. The van der Waals surface area contributed by atoms with E-state index in [1.807, 2.05) is 17.0 Å². The van der Waals surface area contributed by atoms with Gasteiger partial charge < -0.3 is 15.3 Å². The Hall–Kier alpha value is -2.11. The van der Waals surface area contributed by atoms with Gasteiger partial charge in [-0.2, -0.15) is 0 Å². The Balaban J connectivity index is 0.00000196. The highest BCUT2D eigenvalue weighted by Crippen LogP contribution is 2.44. The van der Waals surface area contributed by atoms with Crippen molar-refractivity contribution in [3.05, 3.63) is 65.0 Å². The quantitative estimate of drug-likeness (QED) is 0.845. The fraction of sp³-hybridized carbons (Fsp3) is 0.350. The topological polar surface area (TPSA) is 52.6 Å². The van der Waals surface area contributed by atoms with E-state index in [1.165, 1.54) is 12.1 Å². The molecule has 6 heteroatoms. The van der Waals surface area contributed by atoms with Crippen molar-refractivity contribution in [3.63, 3.8) is 0 Å². The van der Waals surface area contributed by atoms with Gasteiger partial charge in [0.1, 0.15) is 0 Å². The molecule has 138 valence electrons. The van der Waals surface area contributed by atoms with Crippen LogP contribution < -0.4 is 5.32 Å². The van der Waals surface area contributed by atoms with E-state index in [1.54, 1.807) is 0 Å². The zero-order valence-electron chi connectivity index (χ0n) is 14.5. The van der Waals surface area contributed by atoms with E-state index in [0.717, 1.165) is 30.3 Å². The Kier molecular flexibility index (Phi) is 5.21. The Morgan fingerprint density at radius 1 is 1.23 bits per heavy atom. The normalized spacial score (nSPS) is 24.2. The van der Waals surface area contributed by atoms with E-state index < -0.39 is 11.6 Å². The molecule has 4 rings (SSSR count). The molecule has 2 aliphatic rings. The first-order valence-corrected chi connectivity index (χ1v) is 8.62. The van der Waals surface area contributed by atoms with Crippen LogP contribution in [0.5, 0.6) is 5.75 Å². The van der Waals surface area contributed by atoms with Crippen molar-refractivity contribution in [1.29, 1.82) is 0 Å². The number of carbonyl (C=O) groups is 1. The minimum atomic E-state index is -0.764. The van der Waals surface area contributed by atoms with Gasteiger partial charge in [-0.3, -0.25) is 4.79 Å². The molecule has 0 bridgehead atoms. The first-order chi connectivity index (χ1) is 12.1. The largest absolute Gasteiger partial charge is 0.505 e. The highest BCUT2D eigenvalue weighted by atomic mass is 35.5. The maximum Gasteiger partial charge on any atom is 0.254 e. The third kappa shape index (κ3) is 3.06. The van der Waals surface area contributed by atoms with Crippen molar-refractivity contribution in [1.82, 2.24) is 10.2 Å². The predicted molar refractivity (Wildman–Crippen MR) is 100 cm³/mol. The van der Waals surface area contributed by atoms with Crippen LogP contribution >= 0.6 is 12.4 Å². The second-order valence-electron chi connectivity index (χ2n) is 7.01. The van der Waals surface area contributed by atoms with Crippen LogP contribution in [0.2, 0.25) is 0 Å². The van der Waals surface area contributed by atoms with Crippen LogP contribution in [0.4, 0.5) is 4.39 Å². The lowest BCUT2D eigenvalue weighted by Crippen LogP contribution is -2.35. The number of nitrogens with one attached hydrogen (secondary N) is 1. The fourth-order valence-electron chi connectivity index (χ4n) is 4.25. The second kappa shape index (κ2) is 7.25. The van der Waals surface area contributed by atoms with Gasteiger partial charge in [0.15, 0.2) is 11.6 Å². The van der Waals surface area contributed by atoms with Crippen molar-refractivity contribution in [2.75, 3.05) is 19.6 Å².